The molecule has 0 saturated carbocycles. The van der Waals surface area contributed by atoms with Crippen molar-refractivity contribution in [2.75, 3.05) is 0 Å². The summed E-state index contributed by atoms with van der Waals surface area (Å²) in [5.41, 5.74) is 0.160. The molecule has 0 fully saturated rings. The molecule has 0 radical (unpaired) electrons. The summed E-state index contributed by atoms with van der Waals surface area (Å²) in [7, 11) is 0. The van der Waals surface area contributed by atoms with Gasteiger partial charge in [0.05, 0.1) is 4.47 Å². The number of hydrogen-bond donors (Lipinski definition) is 1. The lowest BCUT2D eigenvalue weighted by Gasteiger charge is -1.84. The lowest BCUT2D eigenvalue weighted by Crippen LogP contribution is -2.02. The lowest BCUT2D eigenvalue weighted by molar-refractivity contribution is 0.608. The quantitative estimate of drug-likeness (QED) is 0.727. The van der Waals surface area contributed by atoms with E-state index in [2.05, 4.69) is 20.9 Å². The number of halogens is 1. The van der Waals surface area contributed by atoms with Gasteiger partial charge in [-0.25, -0.2) is 0 Å². The molecule has 0 bridgehead atoms. The first-order valence-electron chi connectivity index (χ1n) is 3.03. The van der Waals surface area contributed by atoms with Crippen molar-refractivity contribution in [1.29, 1.82) is 0 Å². The van der Waals surface area contributed by atoms with Crippen molar-refractivity contribution in [3.8, 4) is 0 Å². The highest BCUT2D eigenvalue weighted by atomic mass is 79.9. The minimum atomic E-state index is -0.201. The van der Waals surface area contributed by atoms with Gasteiger partial charge in [-0.15, -0.1) is 0 Å². The molecule has 0 aromatic carbocycles. The molecular weight excluding hydrogens is 210 g/mol. The fraction of sp³-hybridized carbons (Fsp3) is 0. The molecular formula is C7H4BrNO2. The Hall–Kier alpha value is -1.03. The Morgan fingerprint density at radius 1 is 1.55 bits per heavy atom. The number of nitrogens with one attached hydrogen (secondary N) is 1. The van der Waals surface area contributed by atoms with Crippen LogP contribution >= 0.6 is 15.9 Å². The Morgan fingerprint density at radius 2 is 2.36 bits per heavy atom. The topological polar surface area (TPSA) is 46.0 Å². The lowest BCUT2D eigenvalue weighted by atomic mass is 10.3. The molecule has 0 saturated heterocycles. The van der Waals surface area contributed by atoms with E-state index >= 15 is 0 Å². The van der Waals surface area contributed by atoms with Gasteiger partial charge < -0.3 is 9.40 Å². The van der Waals surface area contributed by atoms with Crippen molar-refractivity contribution in [2.45, 2.75) is 0 Å². The van der Waals surface area contributed by atoms with E-state index in [0.29, 0.717) is 5.58 Å². The molecule has 2 aromatic heterocycles. The third-order valence-corrected chi connectivity index (χ3v) is 2.07. The number of furan rings is 1. The van der Waals surface area contributed by atoms with Crippen LogP contribution in [0.15, 0.2) is 32.2 Å². The molecule has 0 unspecified atom stereocenters. The molecule has 0 aliphatic rings. The Morgan fingerprint density at radius 3 is 3.09 bits per heavy atom. The first-order chi connectivity index (χ1) is 5.29. The normalized spacial score (nSPS) is 10.6. The first kappa shape index (κ1) is 6.67. The number of H-pyrrole nitrogens is 1. The molecule has 4 heteroatoms. The van der Waals surface area contributed by atoms with Gasteiger partial charge in [0.15, 0.2) is 5.58 Å². The summed E-state index contributed by atoms with van der Waals surface area (Å²) in [5.74, 6) is 0. The molecule has 0 aliphatic carbocycles. The molecule has 1 N–H and O–H groups in total. The summed E-state index contributed by atoms with van der Waals surface area (Å²) in [5, 5.41) is 0.800. The number of fused-ring (bicyclic) bond motifs is 1. The molecule has 2 heterocycles. The second-order valence-electron chi connectivity index (χ2n) is 2.13. The molecule has 11 heavy (non-hydrogen) atoms. The van der Waals surface area contributed by atoms with Crippen molar-refractivity contribution in [2.24, 2.45) is 0 Å². The van der Waals surface area contributed by atoms with Crippen LogP contribution in [0, 0.1) is 0 Å². The highest BCUT2D eigenvalue weighted by Crippen LogP contribution is 2.22. The summed E-state index contributed by atoms with van der Waals surface area (Å²) in [6.07, 6.45) is 3.09. The molecule has 0 amide bonds. The molecule has 3 nitrogen and oxygen atoms in total. The van der Waals surface area contributed by atoms with Gasteiger partial charge in [-0.05, 0) is 22.0 Å². The van der Waals surface area contributed by atoms with Gasteiger partial charge in [0.25, 0.3) is 5.56 Å². The number of aromatic amines is 1. The van der Waals surface area contributed by atoms with Crippen LogP contribution in [-0.4, -0.2) is 4.98 Å². The standard InChI is InChI=1S/C7H4BrNO2/c8-5-3-11-6-4(5)1-2-9-7(6)10/h1-3H,(H,9,10). The maximum absolute atomic E-state index is 11.0. The van der Waals surface area contributed by atoms with E-state index in [0.717, 1.165) is 9.86 Å². The molecule has 2 aromatic rings. The SMILES string of the molecule is O=c1[nH]ccc2c(Br)coc12. The third kappa shape index (κ3) is 0.903. The van der Waals surface area contributed by atoms with Crippen LogP contribution in [0.2, 0.25) is 0 Å². The fourth-order valence-corrected chi connectivity index (χ4v) is 1.35. The monoisotopic (exact) mass is 213 g/mol. The second-order valence-corrected chi connectivity index (χ2v) is 2.99. The van der Waals surface area contributed by atoms with Crippen LogP contribution < -0.4 is 5.56 Å². The second kappa shape index (κ2) is 2.23. The minimum Gasteiger partial charge on any atom is -0.457 e. The Balaban J connectivity index is 3.06. The zero-order valence-corrected chi connectivity index (χ0v) is 7.01. The maximum Gasteiger partial charge on any atom is 0.291 e. The Kier molecular flexibility index (Phi) is 1.35. The Bertz CT molecular complexity index is 443. The van der Waals surface area contributed by atoms with E-state index in [-0.39, 0.29) is 5.56 Å². The smallest absolute Gasteiger partial charge is 0.291 e. The van der Waals surface area contributed by atoms with Gasteiger partial charge in [-0.2, -0.15) is 0 Å². The predicted octanol–water partition coefficient (Wildman–Crippen LogP) is 1.88. The zero-order valence-electron chi connectivity index (χ0n) is 5.43. The average molecular weight is 214 g/mol. The fourth-order valence-electron chi connectivity index (χ4n) is 0.943. The summed E-state index contributed by atoms with van der Waals surface area (Å²) in [4.78, 5) is 13.5. The average Bonchev–Trinajstić information content (AvgIpc) is 2.35. The minimum absolute atomic E-state index is 0.201. The van der Waals surface area contributed by atoms with E-state index in [1.807, 2.05) is 0 Å². The van der Waals surface area contributed by atoms with Crippen LogP contribution in [0.4, 0.5) is 0 Å². The van der Waals surface area contributed by atoms with Crippen molar-refractivity contribution in [3.05, 3.63) is 33.4 Å². The van der Waals surface area contributed by atoms with Gasteiger partial charge in [0.1, 0.15) is 6.26 Å². The van der Waals surface area contributed by atoms with Gasteiger partial charge in [-0.3, -0.25) is 4.79 Å². The molecule has 2 rings (SSSR count). The van der Waals surface area contributed by atoms with E-state index < -0.39 is 0 Å². The van der Waals surface area contributed by atoms with Crippen molar-refractivity contribution in [1.82, 2.24) is 4.98 Å². The first-order valence-corrected chi connectivity index (χ1v) is 3.83. The molecule has 56 valence electrons. The summed E-state index contributed by atoms with van der Waals surface area (Å²) >= 11 is 3.25. The van der Waals surface area contributed by atoms with Crippen molar-refractivity contribution >= 4 is 26.9 Å². The molecule has 0 atom stereocenters. The number of rotatable bonds is 0. The number of pyridine rings is 1. The molecule has 0 aliphatic heterocycles. The van der Waals surface area contributed by atoms with Gasteiger partial charge in [0, 0.05) is 11.6 Å². The van der Waals surface area contributed by atoms with E-state index in [1.165, 1.54) is 6.26 Å². The highest BCUT2D eigenvalue weighted by molar-refractivity contribution is 9.10. The van der Waals surface area contributed by atoms with E-state index in [9.17, 15) is 4.79 Å². The Labute approximate surface area is 70.2 Å². The van der Waals surface area contributed by atoms with Crippen LogP contribution in [0.5, 0.6) is 0 Å². The van der Waals surface area contributed by atoms with Gasteiger partial charge in [0.2, 0.25) is 0 Å². The van der Waals surface area contributed by atoms with Crippen LogP contribution in [0.1, 0.15) is 0 Å². The summed E-state index contributed by atoms with van der Waals surface area (Å²) < 4.78 is 5.79. The third-order valence-electron chi connectivity index (χ3n) is 1.45. The van der Waals surface area contributed by atoms with E-state index in [4.69, 9.17) is 4.42 Å². The van der Waals surface area contributed by atoms with Crippen LogP contribution in [0.25, 0.3) is 11.0 Å². The van der Waals surface area contributed by atoms with Gasteiger partial charge >= 0.3 is 0 Å². The maximum atomic E-state index is 11.0. The largest absolute Gasteiger partial charge is 0.457 e. The van der Waals surface area contributed by atoms with Crippen LogP contribution in [-0.2, 0) is 0 Å². The molecule has 0 spiro atoms. The van der Waals surface area contributed by atoms with Gasteiger partial charge in [-0.1, -0.05) is 0 Å². The summed E-state index contributed by atoms with van der Waals surface area (Å²) in [6, 6.07) is 1.78. The van der Waals surface area contributed by atoms with Crippen molar-refractivity contribution < 1.29 is 4.42 Å². The van der Waals surface area contributed by atoms with Crippen molar-refractivity contribution in [3.63, 3.8) is 0 Å². The highest BCUT2D eigenvalue weighted by Gasteiger charge is 2.04. The van der Waals surface area contributed by atoms with E-state index in [1.54, 1.807) is 12.3 Å². The number of aromatic nitrogens is 1. The van der Waals surface area contributed by atoms with Crippen LogP contribution in [0.3, 0.4) is 0 Å². The zero-order chi connectivity index (χ0) is 7.84. The summed E-state index contributed by atoms with van der Waals surface area (Å²) in [6.45, 7) is 0. The predicted molar refractivity (Wildman–Crippen MR) is 44.5 cm³/mol. The number of hydrogen-bond acceptors (Lipinski definition) is 2.